The molecular weight excluding hydrogens is 230 g/mol. The van der Waals surface area contributed by atoms with Crippen molar-refractivity contribution in [3.8, 4) is 0 Å². The van der Waals surface area contributed by atoms with Crippen LogP contribution in [-0.2, 0) is 4.79 Å². The Bertz CT molecular complexity index is 246. The molecule has 1 saturated heterocycles. The van der Waals surface area contributed by atoms with Crippen molar-refractivity contribution in [3.63, 3.8) is 0 Å². The minimum absolute atomic E-state index is 0.286. The van der Waals surface area contributed by atoms with E-state index in [2.05, 4.69) is 11.8 Å². The zero-order valence-electron chi connectivity index (χ0n) is 8.94. The molecule has 1 aliphatic rings. The number of unbranched alkanes of at least 4 members (excludes halogenated alkanes) is 2. The lowest BCUT2D eigenvalue weighted by atomic mass is 10.2. The molecule has 1 rings (SSSR count). The zero-order chi connectivity index (χ0) is 11.3. The van der Waals surface area contributed by atoms with E-state index in [4.69, 9.17) is 17.3 Å². The highest BCUT2D eigenvalue weighted by molar-refractivity contribution is 8.23. The first-order chi connectivity index (χ1) is 7.11. The van der Waals surface area contributed by atoms with Gasteiger partial charge in [0.15, 0.2) is 0 Å². The number of nitrogens with zero attached hydrogens (tertiary/aromatic N) is 1. The summed E-state index contributed by atoms with van der Waals surface area (Å²) in [5, 5.41) is 8.47. The summed E-state index contributed by atoms with van der Waals surface area (Å²) in [6.45, 7) is 3.16. The van der Waals surface area contributed by atoms with Crippen molar-refractivity contribution < 1.29 is 9.90 Å². The van der Waals surface area contributed by atoms with Gasteiger partial charge in [0.25, 0.3) is 0 Å². The topological polar surface area (TPSA) is 40.5 Å². The molecule has 0 spiro atoms. The van der Waals surface area contributed by atoms with Crippen LogP contribution < -0.4 is 0 Å². The maximum absolute atomic E-state index is 10.3. The first-order valence-electron chi connectivity index (χ1n) is 5.26. The van der Waals surface area contributed by atoms with Crippen LogP contribution in [0.2, 0.25) is 0 Å². The Labute approximate surface area is 100 Å². The lowest BCUT2D eigenvalue weighted by Gasteiger charge is -2.22. The van der Waals surface area contributed by atoms with Crippen LogP contribution >= 0.6 is 24.0 Å². The predicted molar refractivity (Wildman–Crippen MR) is 67.3 cm³/mol. The molecule has 1 atom stereocenters. The normalized spacial score (nSPS) is 21.0. The third kappa shape index (κ3) is 4.38. The second-order valence-electron chi connectivity index (χ2n) is 3.82. The molecule has 1 unspecified atom stereocenters. The van der Waals surface area contributed by atoms with Gasteiger partial charge in [-0.05, 0) is 19.8 Å². The van der Waals surface area contributed by atoms with Crippen molar-refractivity contribution >= 4 is 34.3 Å². The van der Waals surface area contributed by atoms with Crippen LogP contribution in [0.15, 0.2) is 0 Å². The molecule has 1 heterocycles. The smallest absolute Gasteiger partial charge is 0.303 e. The molecule has 86 valence electrons. The number of hydrogen-bond donors (Lipinski definition) is 1. The number of thiocarbonyl (C=S) groups is 1. The van der Waals surface area contributed by atoms with Gasteiger partial charge in [0.2, 0.25) is 0 Å². The minimum atomic E-state index is -0.699. The van der Waals surface area contributed by atoms with Crippen LogP contribution in [0.1, 0.15) is 32.6 Å². The molecule has 1 fully saturated rings. The van der Waals surface area contributed by atoms with Crippen molar-refractivity contribution in [1.82, 2.24) is 4.90 Å². The number of carbonyl (C=O) groups is 1. The molecule has 0 aromatic carbocycles. The lowest BCUT2D eigenvalue weighted by molar-refractivity contribution is -0.137. The molecule has 0 aromatic rings. The van der Waals surface area contributed by atoms with Crippen LogP contribution in [-0.4, -0.2) is 38.6 Å². The fraction of sp³-hybridized carbons (Fsp3) is 0.800. The van der Waals surface area contributed by atoms with Gasteiger partial charge in [-0.3, -0.25) is 4.79 Å². The Balaban J connectivity index is 2.09. The number of carboxylic acids is 1. The van der Waals surface area contributed by atoms with Gasteiger partial charge >= 0.3 is 5.97 Å². The molecule has 1 aliphatic heterocycles. The quantitative estimate of drug-likeness (QED) is 0.576. The molecule has 3 nitrogen and oxygen atoms in total. The summed E-state index contributed by atoms with van der Waals surface area (Å²) in [7, 11) is 0. The fourth-order valence-electron chi connectivity index (χ4n) is 1.59. The Hall–Kier alpha value is -0.290. The van der Waals surface area contributed by atoms with E-state index in [-0.39, 0.29) is 6.42 Å². The molecular formula is C10H17NO2S2. The summed E-state index contributed by atoms with van der Waals surface area (Å²) in [6.07, 6.45) is 3.08. The number of rotatable bonds is 6. The fourth-order valence-corrected chi connectivity index (χ4v) is 3.07. The first-order valence-corrected chi connectivity index (χ1v) is 6.66. The van der Waals surface area contributed by atoms with E-state index >= 15 is 0 Å². The van der Waals surface area contributed by atoms with Crippen LogP contribution in [0.3, 0.4) is 0 Å². The molecule has 0 saturated carbocycles. The molecule has 5 heteroatoms. The monoisotopic (exact) mass is 247 g/mol. The van der Waals surface area contributed by atoms with Crippen LogP contribution in [0.5, 0.6) is 0 Å². The summed E-state index contributed by atoms with van der Waals surface area (Å²) in [4.78, 5) is 12.5. The Morgan fingerprint density at radius 3 is 2.87 bits per heavy atom. The highest BCUT2D eigenvalue weighted by atomic mass is 32.2. The Morgan fingerprint density at radius 1 is 1.60 bits per heavy atom. The molecule has 0 radical (unpaired) electrons. The van der Waals surface area contributed by atoms with Gasteiger partial charge in [-0.1, -0.05) is 30.4 Å². The highest BCUT2D eigenvalue weighted by Gasteiger charge is 2.24. The second kappa shape index (κ2) is 6.33. The van der Waals surface area contributed by atoms with E-state index in [1.807, 2.05) is 0 Å². The van der Waals surface area contributed by atoms with Crippen molar-refractivity contribution in [2.24, 2.45) is 0 Å². The largest absolute Gasteiger partial charge is 0.481 e. The van der Waals surface area contributed by atoms with E-state index in [1.165, 1.54) is 0 Å². The van der Waals surface area contributed by atoms with Gasteiger partial charge in [-0.15, -0.1) is 0 Å². The summed E-state index contributed by atoms with van der Waals surface area (Å²) >= 11 is 6.98. The van der Waals surface area contributed by atoms with Crippen molar-refractivity contribution in [3.05, 3.63) is 0 Å². The molecule has 0 bridgehead atoms. The standard InChI is InChI=1S/C10H17NO2S2/c1-8-7-15-10(14)11(8)6-4-2-3-5-9(12)13/h8H,2-7H2,1H3,(H,12,13). The first kappa shape index (κ1) is 12.8. The lowest BCUT2D eigenvalue weighted by Crippen LogP contribution is -2.31. The highest BCUT2D eigenvalue weighted by Crippen LogP contribution is 2.24. The molecule has 0 aliphatic carbocycles. The van der Waals surface area contributed by atoms with E-state index in [1.54, 1.807) is 11.8 Å². The van der Waals surface area contributed by atoms with E-state index in [9.17, 15) is 4.79 Å². The van der Waals surface area contributed by atoms with Gasteiger partial charge in [0.1, 0.15) is 4.32 Å². The van der Waals surface area contributed by atoms with Crippen LogP contribution in [0.25, 0.3) is 0 Å². The molecule has 0 amide bonds. The average molecular weight is 247 g/mol. The average Bonchev–Trinajstić information content (AvgIpc) is 2.47. The minimum Gasteiger partial charge on any atom is -0.481 e. The van der Waals surface area contributed by atoms with Crippen molar-refractivity contribution in [2.45, 2.75) is 38.6 Å². The van der Waals surface area contributed by atoms with Crippen LogP contribution in [0.4, 0.5) is 0 Å². The maximum atomic E-state index is 10.3. The summed E-state index contributed by atoms with van der Waals surface area (Å²) in [5.41, 5.74) is 0. The Morgan fingerprint density at radius 2 is 2.33 bits per heavy atom. The summed E-state index contributed by atoms with van der Waals surface area (Å²) in [6, 6.07) is 0.543. The van der Waals surface area contributed by atoms with Crippen molar-refractivity contribution in [2.75, 3.05) is 12.3 Å². The number of aliphatic carboxylic acids is 1. The van der Waals surface area contributed by atoms with E-state index in [0.29, 0.717) is 6.04 Å². The summed E-state index contributed by atoms with van der Waals surface area (Å²) in [5.74, 6) is 0.393. The van der Waals surface area contributed by atoms with E-state index in [0.717, 1.165) is 35.9 Å². The molecule has 1 N–H and O–H groups in total. The van der Waals surface area contributed by atoms with Crippen LogP contribution in [0, 0.1) is 0 Å². The summed E-state index contributed by atoms with van der Waals surface area (Å²) < 4.78 is 1.00. The van der Waals surface area contributed by atoms with Gasteiger partial charge in [0.05, 0.1) is 0 Å². The Kier molecular flexibility index (Phi) is 5.39. The maximum Gasteiger partial charge on any atom is 0.303 e. The third-order valence-electron chi connectivity index (χ3n) is 2.50. The third-order valence-corrected chi connectivity index (χ3v) is 4.22. The van der Waals surface area contributed by atoms with Crippen molar-refractivity contribution in [1.29, 1.82) is 0 Å². The van der Waals surface area contributed by atoms with Gasteiger partial charge in [-0.25, -0.2) is 0 Å². The number of thioether (sulfide) groups is 1. The zero-order valence-corrected chi connectivity index (χ0v) is 10.6. The van der Waals surface area contributed by atoms with Gasteiger partial charge < -0.3 is 10.0 Å². The molecule has 15 heavy (non-hydrogen) atoms. The number of hydrogen-bond acceptors (Lipinski definition) is 3. The number of carboxylic acid groups (broad SMARTS) is 1. The van der Waals surface area contributed by atoms with Gasteiger partial charge in [-0.2, -0.15) is 0 Å². The molecule has 0 aromatic heterocycles. The van der Waals surface area contributed by atoms with Gasteiger partial charge in [0, 0.05) is 24.8 Å². The van der Waals surface area contributed by atoms with E-state index < -0.39 is 5.97 Å². The predicted octanol–water partition coefficient (Wildman–Crippen LogP) is 2.35. The SMILES string of the molecule is CC1CSC(=S)N1CCCCCC(=O)O. The second-order valence-corrected chi connectivity index (χ2v) is 5.48.